The quantitative estimate of drug-likeness (QED) is 0.785. The van der Waals surface area contributed by atoms with Crippen LogP contribution in [0.4, 0.5) is 4.39 Å². The first-order valence-corrected chi connectivity index (χ1v) is 5.68. The minimum absolute atomic E-state index is 0.111. The molecule has 0 amide bonds. The number of hydrogen-bond donors (Lipinski definition) is 1. The van der Waals surface area contributed by atoms with Gasteiger partial charge in [0.2, 0.25) is 9.84 Å². The molecule has 0 aromatic heterocycles. The van der Waals surface area contributed by atoms with Gasteiger partial charge in [0.25, 0.3) is 0 Å². The maximum absolute atomic E-state index is 12.6. The van der Waals surface area contributed by atoms with Crippen LogP contribution < -0.4 is 5.73 Å². The Labute approximate surface area is 86.6 Å². The molecule has 1 aromatic carbocycles. The normalized spacial score (nSPS) is 18.5. The molecule has 0 saturated carbocycles. The van der Waals surface area contributed by atoms with Gasteiger partial charge in [-0.05, 0) is 29.8 Å². The lowest BCUT2D eigenvalue weighted by molar-refractivity contribution is 0.611. The first-order chi connectivity index (χ1) is 7.01. The van der Waals surface area contributed by atoms with E-state index in [-0.39, 0.29) is 9.93 Å². The van der Waals surface area contributed by atoms with Crippen molar-refractivity contribution in [2.45, 2.75) is 0 Å². The molecule has 2 N–H and O–H groups in total. The third-order valence-electron chi connectivity index (χ3n) is 2.13. The van der Waals surface area contributed by atoms with Gasteiger partial charge in [-0.25, -0.2) is 12.8 Å². The fourth-order valence-electron chi connectivity index (χ4n) is 1.33. The van der Waals surface area contributed by atoms with Crippen molar-refractivity contribution < 1.29 is 12.8 Å². The van der Waals surface area contributed by atoms with Crippen molar-refractivity contribution in [2.24, 2.45) is 5.73 Å². The number of benzene rings is 1. The highest BCUT2D eigenvalue weighted by atomic mass is 32.2. The fraction of sp³-hybridized carbons (Fsp3) is 0. The molecule has 1 aromatic rings. The maximum atomic E-state index is 12.6. The molecule has 15 heavy (non-hydrogen) atoms. The van der Waals surface area contributed by atoms with Gasteiger partial charge in [0, 0.05) is 0 Å². The van der Waals surface area contributed by atoms with Gasteiger partial charge in [0.05, 0.1) is 4.91 Å². The van der Waals surface area contributed by atoms with Crippen LogP contribution in [0.1, 0.15) is 5.56 Å². The van der Waals surface area contributed by atoms with E-state index in [1.807, 2.05) is 0 Å². The zero-order valence-electron chi connectivity index (χ0n) is 7.64. The summed E-state index contributed by atoms with van der Waals surface area (Å²) < 4.78 is 35.9. The average Bonchev–Trinajstić information content (AvgIpc) is 2.44. The molecule has 0 aliphatic carbocycles. The van der Waals surface area contributed by atoms with E-state index in [1.54, 1.807) is 0 Å². The van der Waals surface area contributed by atoms with Gasteiger partial charge < -0.3 is 5.73 Å². The van der Waals surface area contributed by atoms with E-state index in [4.69, 9.17) is 5.73 Å². The van der Waals surface area contributed by atoms with Crippen LogP contribution >= 0.6 is 0 Å². The largest absolute Gasteiger partial charge is 0.389 e. The Morgan fingerprint density at radius 3 is 2.13 bits per heavy atom. The van der Waals surface area contributed by atoms with E-state index in [0.29, 0.717) is 5.56 Å². The first-order valence-electron chi connectivity index (χ1n) is 4.20. The molecular weight excluding hydrogens is 217 g/mol. The van der Waals surface area contributed by atoms with Crippen molar-refractivity contribution in [2.75, 3.05) is 0 Å². The Hall–Kier alpha value is -1.62. The molecule has 0 saturated heterocycles. The number of rotatable bonds is 1. The highest BCUT2D eigenvalue weighted by Crippen LogP contribution is 2.29. The molecule has 0 atom stereocenters. The number of halogens is 1. The molecule has 0 spiro atoms. The van der Waals surface area contributed by atoms with Crippen molar-refractivity contribution in [3.8, 4) is 0 Å². The lowest BCUT2D eigenvalue weighted by Gasteiger charge is -2.03. The molecule has 1 aliphatic rings. The second-order valence-electron chi connectivity index (χ2n) is 3.11. The molecule has 0 fully saturated rings. The van der Waals surface area contributed by atoms with E-state index in [1.165, 1.54) is 36.4 Å². The van der Waals surface area contributed by atoms with E-state index in [9.17, 15) is 12.8 Å². The molecule has 2 rings (SSSR count). The summed E-state index contributed by atoms with van der Waals surface area (Å²) >= 11 is 0. The summed E-state index contributed by atoms with van der Waals surface area (Å²) in [6.07, 6.45) is 2.74. The standard InChI is InChI=1S/C10H8FNO2S/c11-8-3-1-7(2-4-8)9-5-6-10(12)15(9,13)14/h1-6H,12H2. The van der Waals surface area contributed by atoms with Crippen LogP contribution in [-0.4, -0.2) is 8.42 Å². The fourth-order valence-corrected chi connectivity index (χ4v) is 2.52. The molecule has 0 unspecified atom stereocenters. The summed E-state index contributed by atoms with van der Waals surface area (Å²) in [4.78, 5) is 0.111. The predicted molar refractivity (Wildman–Crippen MR) is 55.6 cm³/mol. The summed E-state index contributed by atoms with van der Waals surface area (Å²) in [6.45, 7) is 0. The zero-order chi connectivity index (χ0) is 11.1. The van der Waals surface area contributed by atoms with Crippen molar-refractivity contribution in [3.63, 3.8) is 0 Å². The SMILES string of the molecule is NC1=CC=C(c2ccc(F)cc2)S1(=O)=O. The molecule has 0 bridgehead atoms. The second-order valence-corrected chi connectivity index (χ2v) is 5.03. The molecule has 1 aliphatic heterocycles. The van der Waals surface area contributed by atoms with Crippen molar-refractivity contribution in [1.29, 1.82) is 0 Å². The van der Waals surface area contributed by atoms with E-state index >= 15 is 0 Å². The molecule has 5 heteroatoms. The van der Waals surface area contributed by atoms with E-state index in [2.05, 4.69) is 0 Å². The van der Waals surface area contributed by atoms with Gasteiger partial charge in [-0.15, -0.1) is 0 Å². The summed E-state index contributed by atoms with van der Waals surface area (Å²) in [5, 5.41) is -0.179. The minimum Gasteiger partial charge on any atom is -0.389 e. The molecular formula is C10H8FNO2S. The molecule has 3 nitrogen and oxygen atoms in total. The van der Waals surface area contributed by atoms with Crippen LogP contribution in [0.5, 0.6) is 0 Å². The summed E-state index contributed by atoms with van der Waals surface area (Å²) in [5.41, 5.74) is 5.76. The van der Waals surface area contributed by atoms with E-state index < -0.39 is 15.7 Å². The van der Waals surface area contributed by atoms with Crippen molar-refractivity contribution in [3.05, 3.63) is 52.8 Å². The lowest BCUT2D eigenvalue weighted by Crippen LogP contribution is -2.09. The van der Waals surface area contributed by atoms with Gasteiger partial charge in [-0.3, -0.25) is 0 Å². The van der Waals surface area contributed by atoms with Crippen LogP contribution in [0.2, 0.25) is 0 Å². The van der Waals surface area contributed by atoms with Gasteiger partial charge in [-0.1, -0.05) is 12.1 Å². The van der Waals surface area contributed by atoms with E-state index in [0.717, 1.165) is 0 Å². The monoisotopic (exact) mass is 225 g/mol. The maximum Gasteiger partial charge on any atom is 0.221 e. The molecule has 0 radical (unpaired) electrons. The predicted octanol–water partition coefficient (Wildman–Crippen LogP) is 1.40. The van der Waals surface area contributed by atoms with Gasteiger partial charge in [0.15, 0.2) is 0 Å². The number of allylic oxidation sites excluding steroid dienone is 2. The van der Waals surface area contributed by atoms with Crippen LogP contribution in [-0.2, 0) is 9.84 Å². The van der Waals surface area contributed by atoms with Crippen LogP contribution in [0, 0.1) is 5.82 Å². The Kier molecular flexibility index (Phi) is 2.12. The van der Waals surface area contributed by atoms with Crippen LogP contribution in [0.3, 0.4) is 0 Å². The average molecular weight is 225 g/mol. The van der Waals surface area contributed by atoms with Gasteiger partial charge in [0.1, 0.15) is 10.8 Å². The number of sulfone groups is 1. The first kappa shape index (κ1) is 9.92. The van der Waals surface area contributed by atoms with Crippen molar-refractivity contribution in [1.82, 2.24) is 0 Å². The third kappa shape index (κ3) is 1.55. The Morgan fingerprint density at radius 1 is 1.07 bits per heavy atom. The smallest absolute Gasteiger partial charge is 0.221 e. The highest BCUT2D eigenvalue weighted by molar-refractivity contribution is 8.04. The summed E-state index contributed by atoms with van der Waals surface area (Å²) in [5.74, 6) is -0.407. The molecule has 78 valence electrons. The van der Waals surface area contributed by atoms with Crippen molar-refractivity contribution >= 4 is 14.7 Å². The Morgan fingerprint density at radius 2 is 1.67 bits per heavy atom. The molecule has 1 heterocycles. The second kappa shape index (κ2) is 3.20. The van der Waals surface area contributed by atoms with Gasteiger partial charge in [-0.2, -0.15) is 0 Å². The zero-order valence-corrected chi connectivity index (χ0v) is 8.46. The Bertz CT molecular complexity index is 556. The van der Waals surface area contributed by atoms with Crippen LogP contribution in [0.25, 0.3) is 4.91 Å². The minimum atomic E-state index is -3.55. The Balaban J connectivity index is 2.49. The number of hydrogen-bond acceptors (Lipinski definition) is 3. The lowest BCUT2D eigenvalue weighted by atomic mass is 10.2. The summed E-state index contributed by atoms with van der Waals surface area (Å²) in [6, 6.07) is 5.23. The third-order valence-corrected chi connectivity index (χ3v) is 3.84. The summed E-state index contributed by atoms with van der Waals surface area (Å²) in [7, 11) is -3.55. The topological polar surface area (TPSA) is 60.2 Å². The van der Waals surface area contributed by atoms with Crippen LogP contribution in [0.15, 0.2) is 41.4 Å². The number of nitrogens with two attached hydrogens (primary N) is 1. The highest BCUT2D eigenvalue weighted by Gasteiger charge is 2.26. The van der Waals surface area contributed by atoms with Gasteiger partial charge >= 0.3 is 0 Å².